The molecule has 3 aromatic rings. The summed E-state index contributed by atoms with van der Waals surface area (Å²) in [7, 11) is 0. The van der Waals surface area contributed by atoms with Crippen LogP contribution in [0.1, 0.15) is 32.3 Å². The fourth-order valence-electron chi connectivity index (χ4n) is 3.84. The van der Waals surface area contributed by atoms with Gasteiger partial charge in [0.1, 0.15) is 6.07 Å². The Morgan fingerprint density at radius 3 is 2.22 bits per heavy atom. The summed E-state index contributed by atoms with van der Waals surface area (Å²) in [6.45, 7) is 3.65. The number of amides is 2. The second-order valence-electron chi connectivity index (χ2n) is 8.27. The van der Waals surface area contributed by atoms with Crippen LogP contribution >= 0.6 is 11.6 Å². The number of terminal acetylenes is 1. The molecule has 184 valence electrons. The van der Waals surface area contributed by atoms with Crippen molar-refractivity contribution in [3.05, 3.63) is 67.8 Å². The molecule has 0 aliphatic rings. The molecule has 0 saturated heterocycles. The fraction of sp³-hybridized carbons (Fsp3) is 0.269. The highest BCUT2D eigenvalue weighted by Gasteiger charge is 2.16. The maximum atomic E-state index is 12.8. The fourth-order valence-corrected chi connectivity index (χ4v) is 4.06. The van der Waals surface area contributed by atoms with Crippen molar-refractivity contribution in [3.8, 4) is 18.4 Å². The molecule has 1 aromatic heterocycles. The highest BCUT2D eigenvalue weighted by Crippen LogP contribution is 2.21. The van der Waals surface area contributed by atoms with E-state index in [-0.39, 0.29) is 54.1 Å². The van der Waals surface area contributed by atoms with Gasteiger partial charge in [-0.15, -0.1) is 6.42 Å². The highest BCUT2D eigenvalue weighted by atomic mass is 35.5. The molecule has 2 aromatic carbocycles. The van der Waals surface area contributed by atoms with Gasteiger partial charge in [-0.3, -0.25) is 23.5 Å². The first kappa shape index (κ1) is 26.3. The van der Waals surface area contributed by atoms with Crippen molar-refractivity contribution in [2.45, 2.75) is 39.8 Å². The van der Waals surface area contributed by atoms with E-state index in [4.69, 9.17) is 23.3 Å². The Labute approximate surface area is 212 Å². The van der Waals surface area contributed by atoms with Crippen molar-refractivity contribution in [1.29, 1.82) is 5.26 Å². The molecule has 3 rings (SSSR count). The van der Waals surface area contributed by atoms with Crippen LogP contribution in [0.2, 0.25) is 5.02 Å². The molecule has 0 fully saturated rings. The summed E-state index contributed by atoms with van der Waals surface area (Å²) in [5.74, 6) is 1.51. The van der Waals surface area contributed by atoms with Gasteiger partial charge < -0.3 is 10.6 Å². The van der Waals surface area contributed by atoms with Gasteiger partial charge in [0.05, 0.1) is 28.0 Å². The first-order chi connectivity index (χ1) is 17.2. The molecule has 36 heavy (non-hydrogen) atoms. The Balaban J connectivity index is 1.68. The normalized spacial score (nSPS) is 11.4. The number of carbonyl (C=O) groups is 2. The number of hydrogen-bond acceptors (Lipinski definition) is 5. The largest absolute Gasteiger partial charge is 0.332 e. The number of nitrogens with one attached hydrogen (secondary N) is 2. The van der Waals surface area contributed by atoms with Crippen molar-refractivity contribution >= 4 is 45.7 Å². The van der Waals surface area contributed by atoms with Crippen molar-refractivity contribution in [2.24, 2.45) is 5.92 Å². The molecule has 0 aliphatic heterocycles. The van der Waals surface area contributed by atoms with Crippen molar-refractivity contribution in [3.63, 3.8) is 0 Å². The molecule has 0 saturated carbocycles. The summed E-state index contributed by atoms with van der Waals surface area (Å²) in [5, 5.41) is 14.9. The third-order valence-electron chi connectivity index (χ3n) is 5.52. The first-order valence-electron chi connectivity index (χ1n) is 11.2. The smallest absolute Gasteiger partial charge is 0.326 e. The van der Waals surface area contributed by atoms with Gasteiger partial charge in [-0.2, -0.15) is 5.26 Å². The first-order valence-corrected chi connectivity index (χ1v) is 11.6. The summed E-state index contributed by atoms with van der Waals surface area (Å²) in [6, 6.07) is 11.2. The van der Waals surface area contributed by atoms with Crippen LogP contribution in [0.4, 0.5) is 11.4 Å². The van der Waals surface area contributed by atoms with Gasteiger partial charge in [-0.1, -0.05) is 24.4 Å². The molecule has 2 amide bonds. The number of carbonyl (C=O) groups excluding carboxylic acids is 2. The summed E-state index contributed by atoms with van der Waals surface area (Å²) in [5.41, 5.74) is 0.592. The number of rotatable bonds is 8. The topological polar surface area (TPSA) is 126 Å². The molecular formula is C26H24ClN5O4. The summed E-state index contributed by atoms with van der Waals surface area (Å²) < 4.78 is 2.43. The second-order valence-corrected chi connectivity index (χ2v) is 8.68. The molecule has 0 spiro atoms. The predicted molar refractivity (Wildman–Crippen MR) is 139 cm³/mol. The molecule has 10 heteroatoms. The Bertz CT molecular complexity index is 1540. The maximum absolute atomic E-state index is 12.8. The Hall–Kier alpha value is -4.34. The van der Waals surface area contributed by atoms with E-state index >= 15 is 0 Å². The second kappa shape index (κ2) is 11.4. The van der Waals surface area contributed by atoms with Crippen LogP contribution in [-0.4, -0.2) is 20.9 Å². The van der Waals surface area contributed by atoms with E-state index in [1.165, 1.54) is 22.8 Å². The van der Waals surface area contributed by atoms with Crippen LogP contribution in [0.3, 0.4) is 0 Å². The zero-order valence-corrected chi connectivity index (χ0v) is 20.6. The molecule has 0 bridgehead atoms. The predicted octanol–water partition coefficient (Wildman–Crippen LogP) is 3.33. The number of aromatic nitrogens is 2. The Morgan fingerprint density at radius 2 is 1.67 bits per heavy atom. The van der Waals surface area contributed by atoms with Gasteiger partial charge in [-0.25, -0.2) is 4.79 Å². The minimum atomic E-state index is -0.486. The molecule has 2 N–H and O–H groups in total. The zero-order valence-electron chi connectivity index (χ0n) is 19.8. The van der Waals surface area contributed by atoms with Gasteiger partial charge in [0, 0.05) is 30.8 Å². The average Bonchev–Trinajstić information content (AvgIpc) is 2.82. The highest BCUT2D eigenvalue weighted by molar-refractivity contribution is 6.32. The lowest BCUT2D eigenvalue weighted by Crippen LogP contribution is -2.39. The summed E-state index contributed by atoms with van der Waals surface area (Å²) in [6.07, 6.45) is 5.54. The lowest BCUT2D eigenvalue weighted by Gasteiger charge is -2.14. The quantitative estimate of drug-likeness (QED) is 0.454. The van der Waals surface area contributed by atoms with E-state index in [9.17, 15) is 19.2 Å². The molecule has 1 atom stereocenters. The maximum Gasteiger partial charge on any atom is 0.332 e. The monoisotopic (exact) mass is 505 g/mol. The van der Waals surface area contributed by atoms with Crippen LogP contribution < -0.4 is 21.9 Å². The van der Waals surface area contributed by atoms with Crippen molar-refractivity contribution in [2.75, 3.05) is 10.6 Å². The van der Waals surface area contributed by atoms with Gasteiger partial charge in [0.25, 0.3) is 5.56 Å². The number of halogens is 1. The molecule has 1 unspecified atom stereocenters. The van der Waals surface area contributed by atoms with Crippen LogP contribution in [0.25, 0.3) is 10.9 Å². The molecule has 1 heterocycles. The van der Waals surface area contributed by atoms with Gasteiger partial charge in [0.15, 0.2) is 0 Å². The van der Waals surface area contributed by atoms with E-state index < -0.39 is 11.2 Å². The Morgan fingerprint density at radius 1 is 1.06 bits per heavy atom. The van der Waals surface area contributed by atoms with E-state index in [1.54, 1.807) is 32.0 Å². The van der Waals surface area contributed by atoms with Gasteiger partial charge >= 0.3 is 5.69 Å². The number of anilines is 2. The molecular weight excluding hydrogens is 482 g/mol. The molecule has 0 aliphatic carbocycles. The molecule has 9 nitrogen and oxygen atoms in total. The number of nitriles is 1. The number of nitrogens with zero attached hydrogens (tertiary/aromatic N) is 3. The number of benzene rings is 2. The van der Waals surface area contributed by atoms with Crippen LogP contribution in [0.15, 0.2) is 46.0 Å². The van der Waals surface area contributed by atoms with Crippen molar-refractivity contribution in [1.82, 2.24) is 9.13 Å². The van der Waals surface area contributed by atoms with Gasteiger partial charge in [0.2, 0.25) is 11.8 Å². The van der Waals surface area contributed by atoms with Crippen LogP contribution in [0, 0.1) is 29.6 Å². The number of hydrogen-bond donors (Lipinski definition) is 2. The SMILES string of the molecule is C#CCn1c(=O)n(CC)c(=O)c2cc(NC(=O)CC(C)CC(=O)Nc3ccc(C#N)c(Cl)c3)ccc21. The molecule has 0 radical (unpaired) electrons. The zero-order chi connectivity index (χ0) is 26.4. The van der Waals surface area contributed by atoms with Crippen LogP contribution in [-0.2, 0) is 22.7 Å². The minimum Gasteiger partial charge on any atom is -0.326 e. The lowest BCUT2D eigenvalue weighted by atomic mass is 10.0. The van der Waals surface area contributed by atoms with E-state index in [0.717, 1.165) is 4.57 Å². The third-order valence-corrected chi connectivity index (χ3v) is 5.83. The Kier molecular flexibility index (Phi) is 8.31. The van der Waals surface area contributed by atoms with Gasteiger partial charge in [-0.05, 0) is 49.2 Å². The van der Waals surface area contributed by atoms with Crippen LogP contribution in [0.5, 0.6) is 0 Å². The standard InChI is InChI=1S/C26H24ClN5O4/c1-4-10-32-22-9-8-18(13-20(22)25(35)31(5-2)26(32)36)29-23(33)11-16(3)12-24(34)30-19-7-6-17(15-28)21(27)14-19/h1,6-9,13-14,16H,5,10-12H2,2-3H3,(H,29,33)(H,30,34). The summed E-state index contributed by atoms with van der Waals surface area (Å²) >= 11 is 5.99. The number of fused-ring (bicyclic) bond motifs is 1. The average molecular weight is 506 g/mol. The lowest BCUT2D eigenvalue weighted by molar-refractivity contribution is -0.118. The summed E-state index contributed by atoms with van der Waals surface area (Å²) in [4.78, 5) is 50.3. The van der Waals surface area contributed by atoms with Crippen molar-refractivity contribution < 1.29 is 9.59 Å². The van der Waals surface area contributed by atoms with E-state index in [1.807, 2.05) is 6.07 Å². The minimum absolute atomic E-state index is 0.00950. The third kappa shape index (κ3) is 5.83. The van der Waals surface area contributed by atoms with E-state index in [0.29, 0.717) is 22.5 Å². The van der Waals surface area contributed by atoms with E-state index in [2.05, 4.69) is 16.6 Å².